The molecule has 0 bridgehead atoms. The van der Waals surface area contributed by atoms with Crippen LogP contribution in [0.25, 0.3) is 16.0 Å². The maximum Gasteiger partial charge on any atom is 0.301 e. The second kappa shape index (κ2) is 10.0. The van der Waals surface area contributed by atoms with E-state index < -0.39 is 17.7 Å². The van der Waals surface area contributed by atoms with Crippen LogP contribution in [0.2, 0.25) is 5.02 Å². The minimum absolute atomic E-state index is 0.00595. The molecule has 0 unspecified atom stereocenters. The SMILES string of the molecule is CCCOc1ccc([C@@H]2/C(=C(\O)c3ccc4c(c3)C[C@H](C)O4)C(=O)C(=O)N2c2nc3ccc(Cl)cc3s2)cc1. The fourth-order valence-electron chi connectivity index (χ4n) is 5.03. The molecule has 39 heavy (non-hydrogen) atoms. The third-order valence-electron chi connectivity index (χ3n) is 6.83. The number of halogens is 1. The highest BCUT2D eigenvalue weighted by atomic mass is 35.5. The molecule has 1 aromatic heterocycles. The van der Waals surface area contributed by atoms with E-state index in [1.807, 2.05) is 32.0 Å². The highest BCUT2D eigenvalue weighted by molar-refractivity contribution is 7.22. The molecule has 0 radical (unpaired) electrons. The Morgan fingerprint density at radius 1 is 1.15 bits per heavy atom. The zero-order chi connectivity index (χ0) is 27.3. The fourth-order valence-corrected chi connectivity index (χ4v) is 6.29. The lowest BCUT2D eigenvalue weighted by molar-refractivity contribution is -0.132. The van der Waals surface area contributed by atoms with Crippen LogP contribution in [0.1, 0.15) is 43.0 Å². The summed E-state index contributed by atoms with van der Waals surface area (Å²) in [5, 5.41) is 12.4. The number of aliphatic hydroxyl groups is 1. The zero-order valence-corrected chi connectivity index (χ0v) is 22.9. The van der Waals surface area contributed by atoms with E-state index in [9.17, 15) is 14.7 Å². The molecule has 0 saturated carbocycles. The highest BCUT2D eigenvalue weighted by Crippen LogP contribution is 2.45. The average molecular weight is 561 g/mol. The Kier molecular flexibility index (Phi) is 6.53. The molecule has 198 valence electrons. The van der Waals surface area contributed by atoms with E-state index in [1.165, 1.54) is 16.2 Å². The molecule has 0 spiro atoms. The second-order valence-corrected chi connectivity index (χ2v) is 11.1. The summed E-state index contributed by atoms with van der Waals surface area (Å²) in [7, 11) is 0. The number of benzene rings is 3. The van der Waals surface area contributed by atoms with Crippen LogP contribution < -0.4 is 14.4 Å². The van der Waals surface area contributed by atoms with Crippen LogP contribution in [0.3, 0.4) is 0 Å². The third kappa shape index (κ3) is 4.53. The van der Waals surface area contributed by atoms with Crippen LogP contribution in [-0.4, -0.2) is 34.5 Å². The van der Waals surface area contributed by atoms with Crippen molar-refractivity contribution in [3.8, 4) is 11.5 Å². The second-order valence-electron chi connectivity index (χ2n) is 9.65. The first-order valence-corrected chi connectivity index (χ1v) is 13.9. The Morgan fingerprint density at radius 3 is 2.72 bits per heavy atom. The first-order chi connectivity index (χ1) is 18.8. The lowest BCUT2D eigenvalue weighted by Gasteiger charge is -2.23. The van der Waals surface area contributed by atoms with Gasteiger partial charge in [-0.2, -0.15) is 0 Å². The number of carbonyl (C=O) groups excluding carboxylic acids is 2. The van der Waals surface area contributed by atoms with Crippen LogP contribution in [0, 0.1) is 0 Å². The van der Waals surface area contributed by atoms with Crippen molar-refractivity contribution >= 4 is 55.7 Å². The Hall–Kier alpha value is -3.88. The van der Waals surface area contributed by atoms with Crippen molar-refractivity contribution in [2.24, 2.45) is 0 Å². The van der Waals surface area contributed by atoms with Gasteiger partial charge in [-0.3, -0.25) is 14.5 Å². The number of rotatable bonds is 6. The zero-order valence-electron chi connectivity index (χ0n) is 21.3. The summed E-state index contributed by atoms with van der Waals surface area (Å²) in [6.07, 6.45) is 1.60. The largest absolute Gasteiger partial charge is 0.507 e. The van der Waals surface area contributed by atoms with E-state index in [0.29, 0.717) is 45.6 Å². The van der Waals surface area contributed by atoms with Crippen molar-refractivity contribution in [3.63, 3.8) is 0 Å². The number of anilines is 1. The van der Waals surface area contributed by atoms with Gasteiger partial charge in [0.25, 0.3) is 5.78 Å². The molecule has 4 aromatic rings. The van der Waals surface area contributed by atoms with Crippen LogP contribution in [0.15, 0.2) is 66.2 Å². The molecule has 1 fully saturated rings. The van der Waals surface area contributed by atoms with E-state index in [-0.39, 0.29) is 17.4 Å². The lowest BCUT2D eigenvalue weighted by atomic mass is 9.94. The third-order valence-corrected chi connectivity index (χ3v) is 8.08. The van der Waals surface area contributed by atoms with E-state index in [2.05, 4.69) is 4.98 Å². The molecule has 2 aliphatic heterocycles. The average Bonchev–Trinajstić information content (AvgIpc) is 3.59. The molecule has 0 aliphatic carbocycles. The summed E-state index contributed by atoms with van der Waals surface area (Å²) in [5.41, 5.74) is 2.71. The standard InChI is InChI=1S/C30H25ClN2O5S/c1-3-12-37-21-8-4-17(5-9-21)26-25(27(34)18-6-11-23-19(14-18)13-16(2)38-23)28(35)29(36)33(26)30-32-22-10-7-20(31)15-24(22)39-30/h4-11,14-16,26,34H,3,12-13H2,1-2H3/b27-25+/t16-,26+/m0/s1. The molecule has 7 nitrogen and oxygen atoms in total. The van der Waals surface area contributed by atoms with Crippen molar-refractivity contribution in [1.29, 1.82) is 0 Å². The van der Waals surface area contributed by atoms with Gasteiger partial charge in [-0.25, -0.2) is 4.98 Å². The first kappa shape index (κ1) is 25.4. The summed E-state index contributed by atoms with van der Waals surface area (Å²) < 4.78 is 12.3. The maximum atomic E-state index is 13.5. The number of aliphatic hydroxyl groups excluding tert-OH is 1. The molecule has 1 amide bonds. The first-order valence-electron chi connectivity index (χ1n) is 12.7. The van der Waals surface area contributed by atoms with E-state index in [4.69, 9.17) is 21.1 Å². The van der Waals surface area contributed by atoms with Crippen LogP contribution in [0.4, 0.5) is 5.13 Å². The van der Waals surface area contributed by atoms with Crippen molar-refractivity contribution < 1.29 is 24.2 Å². The van der Waals surface area contributed by atoms with Crippen LogP contribution in [-0.2, 0) is 16.0 Å². The van der Waals surface area contributed by atoms with Crippen molar-refractivity contribution in [2.45, 2.75) is 38.8 Å². The van der Waals surface area contributed by atoms with Gasteiger partial charge in [-0.15, -0.1) is 0 Å². The topological polar surface area (TPSA) is 89.0 Å². The number of ether oxygens (including phenoxy) is 2. The van der Waals surface area contributed by atoms with Crippen molar-refractivity contribution in [1.82, 2.24) is 4.98 Å². The quantitative estimate of drug-likeness (QED) is 0.161. The van der Waals surface area contributed by atoms with Crippen LogP contribution >= 0.6 is 22.9 Å². The Labute approximate surface area is 234 Å². The number of thiazole rings is 1. The summed E-state index contributed by atoms with van der Waals surface area (Å²) in [6.45, 7) is 4.58. The van der Waals surface area contributed by atoms with Gasteiger partial charge < -0.3 is 14.6 Å². The highest BCUT2D eigenvalue weighted by Gasteiger charge is 2.48. The summed E-state index contributed by atoms with van der Waals surface area (Å²) in [6, 6.07) is 16.9. The summed E-state index contributed by atoms with van der Waals surface area (Å²) in [5.74, 6) is -0.326. The van der Waals surface area contributed by atoms with E-state index in [1.54, 1.807) is 42.5 Å². The molecular weight excluding hydrogens is 536 g/mol. The Bertz CT molecular complexity index is 1650. The molecular formula is C30H25ClN2O5S. The number of nitrogens with zero attached hydrogens (tertiary/aromatic N) is 2. The number of aromatic nitrogens is 1. The molecule has 1 saturated heterocycles. The van der Waals surface area contributed by atoms with Gasteiger partial charge in [0.1, 0.15) is 23.4 Å². The molecule has 9 heteroatoms. The number of hydrogen-bond acceptors (Lipinski definition) is 7. The van der Waals surface area contributed by atoms with Gasteiger partial charge in [0.2, 0.25) is 0 Å². The maximum absolute atomic E-state index is 13.5. The molecule has 6 rings (SSSR count). The van der Waals surface area contributed by atoms with Gasteiger partial charge in [-0.05, 0) is 73.0 Å². The predicted octanol–water partition coefficient (Wildman–Crippen LogP) is 6.69. The number of ketones is 1. The monoisotopic (exact) mass is 560 g/mol. The summed E-state index contributed by atoms with van der Waals surface area (Å²) >= 11 is 7.44. The Balaban J connectivity index is 1.49. The molecule has 1 N–H and O–H groups in total. The normalized spacial score (nSPS) is 19.9. The number of hydrogen-bond donors (Lipinski definition) is 1. The molecule has 3 aromatic carbocycles. The lowest BCUT2D eigenvalue weighted by Crippen LogP contribution is -2.29. The minimum atomic E-state index is -0.885. The van der Waals surface area contributed by atoms with Gasteiger partial charge in [0, 0.05) is 17.0 Å². The van der Waals surface area contributed by atoms with Gasteiger partial charge in [0.05, 0.1) is 28.4 Å². The minimum Gasteiger partial charge on any atom is -0.507 e. The predicted molar refractivity (Wildman–Crippen MR) is 152 cm³/mol. The molecule has 3 heterocycles. The number of Topliss-reactive ketones (excluding diaryl/α,β-unsaturated/α-hetero) is 1. The van der Waals surface area contributed by atoms with E-state index >= 15 is 0 Å². The summed E-state index contributed by atoms with van der Waals surface area (Å²) in [4.78, 5) is 33.1. The number of carbonyl (C=O) groups is 2. The number of amides is 1. The van der Waals surface area contributed by atoms with Crippen LogP contribution in [0.5, 0.6) is 11.5 Å². The molecule has 2 aliphatic rings. The number of fused-ring (bicyclic) bond motifs is 2. The smallest absolute Gasteiger partial charge is 0.301 e. The van der Waals surface area contributed by atoms with E-state index in [0.717, 1.165) is 22.4 Å². The van der Waals surface area contributed by atoms with Crippen molar-refractivity contribution in [3.05, 3.63) is 87.9 Å². The molecule has 2 atom stereocenters. The fraction of sp³-hybridized carbons (Fsp3) is 0.233. The Morgan fingerprint density at radius 2 is 1.95 bits per heavy atom. The van der Waals surface area contributed by atoms with Gasteiger partial charge >= 0.3 is 5.91 Å². The van der Waals surface area contributed by atoms with Gasteiger partial charge in [-0.1, -0.05) is 42.0 Å². The van der Waals surface area contributed by atoms with Gasteiger partial charge in [0.15, 0.2) is 5.13 Å². The van der Waals surface area contributed by atoms with Crippen molar-refractivity contribution in [2.75, 3.05) is 11.5 Å².